The second kappa shape index (κ2) is 6.18. The van der Waals surface area contributed by atoms with Crippen molar-refractivity contribution in [1.82, 2.24) is 14.3 Å². The number of nitrogens with zero attached hydrogens (tertiary/aromatic N) is 3. The fourth-order valence-electron chi connectivity index (χ4n) is 3.00. The van der Waals surface area contributed by atoms with E-state index >= 15 is 0 Å². The summed E-state index contributed by atoms with van der Waals surface area (Å²) in [5.74, 6) is 0.488. The lowest BCUT2D eigenvalue weighted by molar-refractivity contribution is 0.274. The summed E-state index contributed by atoms with van der Waals surface area (Å²) in [4.78, 5) is 7.75. The van der Waals surface area contributed by atoms with Crippen LogP contribution >= 0.6 is 11.6 Å². The molecule has 0 saturated heterocycles. The average Bonchev–Trinajstić information content (AvgIpc) is 3.31. The van der Waals surface area contributed by atoms with Gasteiger partial charge in [-0.25, -0.2) is 18.4 Å². The molecule has 2 saturated carbocycles. The van der Waals surface area contributed by atoms with Gasteiger partial charge in [-0.05, 0) is 43.2 Å². The first kappa shape index (κ1) is 15.2. The number of hydrogen-bond acceptors (Lipinski definition) is 4. The molecule has 2 aliphatic carbocycles. The summed E-state index contributed by atoms with van der Waals surface area (Å²) >= 11 is 5.64. The van der Waals surface area contributed by atoms with Crippen LogP contribution in [-0.4, -0.2) is 35.3 Å². The van der Waals surface area contributed by atoms with E-state index in [1.807, 2.05) is 0 Å². The Labute approximate surface area is 130 Å². The molecule has 1 heterocycles. The minimum Gasteiger partial charge on any atom is -0.225 e. The molecule has 0 N–H and O–H groups in total. The van der Waals surface area contributed by atoms with Gasteiger partial charge in [-0.3, -0.25) is 0 Å². The molecule has 0 aliphatic heterocycles. The SMILES string of the molecule is O=S(=O)(c1cnc(Cl)nc1)N(CC1CCCCC1)C1CC1. The van der Waals surface area contributed by atoms with Crippen LogP contribution < -0.4 is 0 Å². The monoisotopic (exact) mass is 329 g/mol. The molecule has 2 fully saturated rings. The summed E-state index contributed by atoms with van der Waals surface area (Å²) in [7, 11) is -3.50. The Morgan fingerprint density at radius 2 is 1.71 bits per heavy atom. The van der Waals surface area contributed by atoms with Crippen LogP contribution in [0.3, 0.4) is 0 Å². The summed E-state index contributed by atoms with van der Waals surface area (Å²) in [6.45, 7) is 0.635. The van der Waals surface area contributed by atoms with E-state index in [1.54, 1.807) is 4.31 Å². The molecular weight excluding hydrogens is 310 g/mol. The van der Waals surface area contributed by atoms with Crippen molar-refractivity contribution in [3.63, 3.8) is 0 Å². The van der Waals surface area contributed by atoms with Crippen LogP contribution in [0.15, 0.2) is 17.3 Å². The molecule has 7 heteroatoms. The Kier molecular flexibility index (Phi) is 4.47. The van der Waals surface area contributed by atoms with Gasteiger partial charge in [0.15, 0.2) is 0 Å². The molecule has 0 unspecified atom stereocenters. The molecule has 2 aliphatic rings. The molecule has 21 heavy (non-hydrogen) atoms. The van der Waals surface area contributed by atoms with E-state index in [1.165, 1.54) is 31.7 Å². The normalized spacial score (nSPS) is 20.9. The van der Waals surface area contributed by atoms with E-state index in [-0.39, 0.29) is 16.2 Å². The standard InChI is InChI=1S/C14H20ClN3O2S/c15-14-16-8-13(9-17-14)21(19,20)18(12-6-7-12)10-11-4-2-1-3-5-11/h8-9,11-12H,1-7,10H2. The van der Waals surface area contributed by atoms with Crippen molar-refractivity contribution in [1.29, 1.82) is 0 Å². The first-order valence-corrected chi connectivity index (χ1v) is 9.38. The Hall–Kier alpha value is -0.720. The van der Waals surface area contributed by atoms with Crippen molar-refractivity contribution in [2.24, 2.45) is 5.92 Å². The highest BCUT2D eigenvalue weighted by atomic mass is 35.5. The average molecular weight is 330 g/mol. The van der Waals surface area contributed by atoms with Crippen LogP contribution in [0.1, 0.15) is 44.9 Å². The number of hydrogen-bond donors (Lipinski definition) is 0. The zero-order valence-corrected chi connectivity index (χ0v) is 13.5. The molecule has 116 valence electrons. The van der Waals surface area contributed by atoms with Crippen LogP contribution in [0.2, 0.25) is 5.28 Å². The van der Waals surface area contributed by atoms with Crippen molar-refractivity contribution in [3.05, 3.63) is 17.7 Å². The van der Waals surface area contributed by atoms with E-state index in [0.29, 0.717) is 12.5 Å². The minimum absolute atomic E-state index is 0.0687. The van der Waals surface area contributed by atoms with E-state index in [4.69, 9.17) is 11.6 Å². The summed E-state index contributed by atoms with van der Waals surface area (Å²) in [5.41, 5.74) is 0. The molecule has 0 bridgehead atoms. The molecule has 5 nitrogen and oxygen atoms in total. The van der Waals surface area contributed by atoms with Crippen LogP contribution in [0, 0.1) is 5.92 Å². The van der Waals surface area contributed by atoms with Gasteiger partial charge in [0.1, 0.15) is 4.90 Å². The van der Waals surface area contributed by atoms with Gasteiger partial charge < -0.3 is 0 Å². The molecular formula is C14H20ClN3O2S. The van der Waals surface area contributed by atoms with E-state index in [2.05, 4.69) is 9.97 Å². The lowest BCUT2D eigenvalue weighted by Crippen LogP contribution is -2.37. The van der Waals surface area contributed by atoms with Crippen molar-refractivity contribution in [2.75, 3.05) is 6.54 Å². The van der Waals surface area contributed by atoms with Gasteiger partial charge in [-0.2, -0.15) is 4.31 Å². The Balaban J connectivity index is 1.80. The molecule has 3 rings (SSSR count). The predicted octanol–water partition coefficient (Wildman–Crippen LogP) is 2.86. The topological polar surface area (TPSA) is 63.2 Å². The maximum Gasteiger partial charge on any atom is 0.246 e. The van der Waals surface area contributed by atoms with Crippen LogP contribution in [-0.2, 0) is 10.0 Å². The van der Waals surface area contributed by atoms with E-state index in [9.17, 15) is 8.42 Å². The smallest absolute Gasteiger partial charge is 0.225 e. The molecule has 1 aromatic rings. The van der Waals surface area contributed by atoms with Gasteiger partial charge in [0.25, 0.3) is 0 Å². The maximum absolute atomic E-state index is 12.8. The van der Waals surface area contributed by atoms with E-state index < -0.39 is 10.0 Å². The van der Waals surface area contributed by atoms with Gasteiger partial charge in [-0.15, -0.1) is 0 Å². The van der Waals surface area contributed by atoms with Crippen molar-refractivity contribution >= 4 is 21.6 Å². The zero-order chi connectivity index (χ0) is 14.9. The lowest BCUT2D eigenvalue weighted by Gasteiger charge is -2.29. The third kappa shape index (κ3) is 3.55. The van der Waals surface area contributed by atoms with Gasteiger partial charge in [-0.1, -0.05) is 19.3 Å². The van der Waals surface area contributed by atoms with Gasteiger partial charge in [0.2, 0.25) is 15.3 Å². The highest BCUT2D eigenvalue weighted by molar-refractivity contribution is 7.89. The quantitative estimate of drug-likeness (QED) is 0.779. The summed E-state index contributed by atoms with van der Waals surface area (Å²) < 4.78 is 27.3. The van der Waals surface area contributed by atoms with Crippen molar-refractivity contribution < 1.29 is 8.42 Å². The second-order valence-corrected chi connectivity index (χ2v) is 8.23. The van der Waals surface area contributed by atoms with Gasteiger partial charge in [0, 0.05) is 12.6 Å². The van der Waals surface area contributed by atoms with Gasteiger partial charge in [0.05, 0.1) is 12.4 Å². The maximum atomic E-state index is 12.8. The van der Waals surface area contributed by atoms with Gasteiger partial charge >= 0.3 is 0 Å². The van der Waals surface area contributed by atoms with Crippen LogP contribution in [0.25, 0.3) is 0 Å². The zero-order valence-electron chi connectivity index (χ0n) is 11.9. The first-order valence-electron chi connectivity index (χ1n) is 7.57. The second-order valence-electron chi connectivity index (χ2n) is 6.00. The first-order chi connectivity index (χ1) is 10.1. The lowest BCUT2D eigenvalue weighted by atomic mass is 9.89. The highest BCUT2D eigenvalue weighted by Gasteiger charge is 2.39. The van der Waals surface area contributed by atoms with Crippen LogP contribution in [0.5, 0.6) is 0 Å². The minimum atomic E-state index is -3.50. The largest absolute Gasteiger partial charge is 0.246 e. The Morgan fingerprint density at radius 3 is 2.29 bits per heavy atom. The summed E-state index contributed by atoms with van der Waals surface area (Å²) in [6.07, 6.45) is 10.5. The molecule has 0 atom stereocenters. The molecule has 0 aromatic carbocycles. The fourth-order valence-corrected chi connectivity index (χ4v) is 4.75. The highest BCUT2D eigenvalue weighted by Crippen LogP contribution is 2.35. The Morgan fingerprint density at radius 1 is 1.10 bits per heavy atom. The number of aromatic nitrogens is 2. The third-order valence-electron chi connectivity index (χ3n) is 4.32. The summed E-state index contributed by atoms with van der Waals surface area (Å²) in [5, 5.41) is 0.0687. The van der Waals surface area contributed by atoms with E-state index in [0.717, 1.165) is 25.7 Å². The van der Waals surface area contributed by atoms with Crippen molar-refractivity contribution in [2.45, 2.75) is 55.9 Å². The fraction of sp³-hybridized carbons (Fsp3) is 0.714. The molecule has 1 aromatic heterocycles. The third-order valence-corrected chi connectivity index (χ3v) is 6.39. The van der Waals surface area contributed by atoms with Crippen LogP contribution in [0.4, 0.5) is 0 Å². The number of rotatable bonds is 5. The predicted molar refractivity (Wildman–Crippen MR) is 80.5 cm³/mol. The number of halogens is 1. The molecule has 0 radical (unpaired) electrons. The Bertz CT molecular complexity index is 581. The molecule has 0 amide bonds. The van der Waals surface area contributed by atoms with Crippen molar-refractivity contribution in [3.8, 4) is 0 Å². The number of sulfonamides is 1. The molecule has 0 spiro atoms. The summed E-state index contributed by atoms with van der Waals surface area (Å²) in [6, 6.07) is 0.160.